The summed E-state index contributed by atoms with van der Waals surface area (Å²) in [5.41, 5.74) is 0.575. The Hall–Kier alpha value is -3.82. The van der Waals surface area contributed by atoms with Crippen LogP contribution in [0.2, 0.25) is 5.02 Å². The number of rotatable bonds is 5. The molecule has 1 N–H and O–H groups in total. The minimum Gasteiger partial charge on any atom is -0.545 e. The molecule has 0 spiro atoms. The summed E-state index contributed by atoms with van der Waals surface area (Å²) in [4.78, 5) is 23.5. The topological polar surface area (TPSA) is 106 Å². The molecule has 0 unspecified atom stereocenters. The van der Waals surface area contributed by atoms with Crippen LogP contribution >= 0.6 is 11.6 Å². The van der Waals surface area contributed by atoms with E-state index < -0.39 is 11.9 Å². The molecular weight excluding hydrogens is 380 g/mol. The number of aromatic carboxylic acids is 1. The number of hydrogen-bond donors (Lipinski definition) is 1. The first kappa shape index (κ1) is 19.0. The maximum Gasteiger partial charge on any atom is 0.266 e. The number of amides is 1. The first-order valence-corrected chi connectivity index (χ1v) is 8.45. The van der Waals surface area contributed by atoms with E-state index >= 15 is 0 Å². The van der Waals surface area contributed by atoms with Crippen LogP contribution in [0.25, 0.3) is 17.4 Å². The highest BCUT2D eigenvalue weighted by Crippen LogP contribution is 2.26. The molecule has 3 rings (SSSR count). The predicted octanol–water partition coefficient (Wildman–Crippen LogP) is 3.51. The van der Waals surface area contributed by atoms with Crippen molar-refractivity contribution in [1.82, 2.24) is 0 Å². The molecule has 1 aromatic heterocycles. The van der Waals surface area contributed by atoms with Gasteiger partial charge in [0.15, 0.2) is 0 Å². The summed E-state index contributed by atoms with van der Waals surface area (Å²) in [7, 11) is 0. The van der Waals surface area contributed by atoms with Crippen molar-refractivity contribution in [1.29, 1.82) is 5.26 Å². The Morgan fingerprint density at radius 1 is 1.11 bits per heavy atom. The number of nitriles is 1. The van der Waals surface area contributed by atoms with Crippen LogP contribution in [0, 0.1) is 11.3 Å². The largest absolute Gasteiger partial charge is 0.545 e. The minimum absolute atomic E-state index is 0.0217. The molecule has 0 saturated heterocycles. The van der Waals surface area contributed by atoms with Gasteiger partial charge in [-0.2, -0.15) is 5.26 Å². The van der Waals surface area contributed by atoms with Crippen molar-refractivity contribution in [2.24, 2.45) is 0 Å². The van der Waals surface area contributed by atoms with Crippen molar-refractivity contribution >= 4 is 35.2 Å². The fourth-order valence-corrected chi connectivity index (χ4v) is 2.70. The molecule has 1 heterocycles. The quantitative estimate of drug-likeness (QED) is 0.529. The van der Waals surface area contributed by atoms with Gasteiger partial charge in [0.2, 0.25) is 0 Å². The average molecular weight is 392 g/mol. The molecule has 6 nitrogen and oxygen atoms in total. The van der Waals surface area contributed by atoms with Crippen molar-refractivity contribution in [2.45, 2.75) is 0 Å². The number of carboxylic acid groups (broad SMARTS) is 1. The number of nitrogens with one attached hydrogen (secondary N) is 1. The lowest BCUT2D eigenvalue weighted by Crippen LogP contribution is -2.22. The van der Waals surface area contributed by atoms with Crippen LogP contribution in [-0.2, 0) is 4.79 Å². The second-order valence-electron chi connectivity index (χ2n) is 5.67. The van der Waals surface area contributed by atoms with Crippen molar-refractivity contribution < 1.29 is 19.1 Å². The number of carbonyl (C=O) groups is 2. The minimum atomic E-state index is -1.33. The number of hydrogen-bond acceptors (Lipinski definition) is 5. The maximum absolute atomic E-state index is 12.3. The molecular formula is C21H12ClN2O4-. The average Bonchev–Trinajstić information content (AvgIpc) is 3.14. The number of carbonyl (C=O) groups excluding carboxylic acids is 2. The lowest BCUT2D eigenvalue weighted by molar-refractivity contribution is -0.254. The standard InChI is InChI=1S/C21H13ClN2O4/c22-14-4-3-5-15(11-14)24-20(25)13(12-23)10-16-8-9-19(28-16)17-6-1-2-7-18(17)21(26)27/h1-11H,(H,24,25)(H,26,27)/p-1/b13-10+. The van der Waals surface area contributed by atoms with E-state index in [2.05, 4.69) is 5.32 Å². The first-order valence-electron chi connectivity index (χ1n) is 8.07. The van der Waals surface area contributed by atoms with Crippen LogP contribution in [0.4, 0.5) is 5.69 Å². The van der Waals surface area contributed by atoms with E-state index in [4.69, 9.17) is 16.0 Å². The summed E-state index contributed by atoms with van der Waals surface area (Å²) < 4.78 is 5.59. The smallest absolute Gasteiger partial charge is 0.266 e. The zero-order chi connectivity index (χ0) is 20.1. The van der Waals surface area contributed by atoms with Crippen molar-refractivity contribution in [3.8, 4) is 17.4 Å². The summed E-state index contributed by atoms with van der Waals surface area (Å²) in [6.07, 6.45) is 1.27. The number of halogens is 1. The summed E-state index contributed by atoms with van der Waals surface area (Å²) in [5, 5.41) is 23.6. The van der Waals surface area contributed by atoms with Gasteiger partial charge in [-0.15, -0.1) is 0 Å². The van der Waals surface area contributed by atoms with Gasteiger partial charge >= 0.3 is 0 Å². The van der Waals surface area contributed by atoms with Crippen LogP contribution < -0.4 is 10.4 Å². The number of benzene rings is 2. The number of carboxylic acids is 1. The summed E-state index contributed by atoms with van der Waals surface area (Å²) >= 11 is 5.88. The molecule has 138 valence electrons. The molecule has 7 heteroatoms. The number of anilines is 1. The molecule has 0 saturated carbocycles. The van der Waals surface area contributed by atoms with E-state index in [1.54, 1.807) is 48.5 Å². The van der Waals surface area contributed by atoms with Gasteiger partial charge in [-0.25, -0.2) is 0 Å². The van der Waals surface area contributed by atoms with Crippen molar-refractivity contribution in [2.75, 3.05) is 5.32 Å². The van der Waals surface area contributed by atoms with Crippen LogP contribution in [0.3, 0.4) is 0 Å². The van der Waals surface area contributed by atoms with Gasteiger partial charge in [0.25, 0.3) is 5.91 Å². The Labute approximate surface area is 165 Å². The third-order valence-electron chi connectivity index (χ3n) is 3.77. The SMILES string of the molecule is N#C/C(=C\c1ccc(-c2ccccc2C(=O)[O-])o1)C(=O)Nc1cccc(Cl)c1. The molecule has 2 aromatic carbocycles. The number of nitrogens with zero attached hydrogens (tertiary/aromatic N) is 1. The van der Waals surface area contributed by atoms with E-state index in [-0.39, 0.29) is 22.7 Å². The van der Waals surface area contributed by atoms with Gasteiger partial charge in [-0.1, -0.05) is 41.9 Å². The Morgan fingerprint density at radius 2 is 1.89 bits per heavy atom. The highest BCUT2D eigenvalue weighted by Gasteiger charge is 2.13. The van der Waals surface area contributed by atoms with Gasteiger partial charge in [0, 0.05) is 27.9 Å². The van der Waals surface area contributed by atoms with Gasteiger partial charge in [-0.05, 0) is 30.3 Å². The van der Waals surface area contributed by atoms with E-state index in [1.165, 1.54) is 18.2 Å². The molecule has 3 aromatic rings. The second kappa shape index (κ2) is 8.25. The zero-order valence-electron chi connectivity index (χ0n) is 14.3. The van der Waals surface area contributed by atoms with E-state index in [9.17, 15) is 20.0 Å². The van der Waals surface area contributed by atoms with Crippen LogP contribution in [0.15, 0.2) is 70.7 Å². The fraction of sp³-hybridized carbons (Fsp3) is 0. The molecule has 0 aliphatic rings. The predicted molar refractivity (Wildman–Crippen MR) is 102 cm³/mol. The Kier molecular flexibility index (Phi) is 5.58. The molecule has 0 atom stereocenters. The Bertz CT molecular complexity index is 1130. The monoisotopic (exact) mass is 391 g/mol. The first-order chi connectivity index (χ1) is 13.5. The Morgan fingerprint density at radius 3 is 2.61 bits per heavy atom. The van der Waals surface area contributed by atoms with E-state index in [0.29, 0.717) is 16.3 Å². The number of furan rings is 1. The fourth-order valence-electron chi connectivity index (χ4n) is 2.51. The lowest BCUT2D eigenvalue weighted by atomic mass is 10.1. The normalized spacial score (nSPS) is 10.9. The van der Waals surface area contributed by atoms with Crippen LogP contribution in [-0.4, -0.2) is 11.9 Å². The van der Waals surface area contributed by atoms with Gasteiger partial charge in [0.05, 0.1) is 5.97 Å². The summed E-state index contributed by atoms with van der Waals surface area (Å²) in [5.74, 6) is -1.46. The molecule has 0 bridgehead atoms. The lowest BCUT2D eigenvalue weighted by Gasteiger charge is -2.07. The van der Waals surface area contributed by atoms with Crippen molar-refractivity contribution in [3.05, 3.63) is 82.6 Å². The molecule has 28 heavy (non-hydrogen) atoms. The van der Waals surface area contributed by atoms with Gasteiger partial charge in [-0.3, -0.25) is 4.79 Å². The maximum atomic E-state index is 12.3. The molecule has 0 fully saturated rings. The third kappa shape index (κ3) is 4.29. The van der Waals surface area contributed by atoms with Crippen molar-refractivity contribution in [3.63, 3.8) is 0 Å². The van der Waals surface area contributed by atoms with E-state index in [1.807, 2.05) is 6.07 Å². The summed E-state index contributed by atoms with van der Waals surface area (Å²) in [6.45, 7) is 0. The van der Waals surface area contributed by atoms with E-state index in [0.717, 1.165) is 0 Å². The molecule has 0 radical (unpaired) electrons. The summed E-state index contributed by atoms with van der Waals surface area (Å²) in [6, 6.07) is 17.6. The molecule has 0 aliphatic heterocycles. The van der Waals surface area contributed by atoms with Gasteiger partial charge < -0.3 is 19.6 Å². The second-order valence-corrected chi connectivity index (χ2v) is 6.11. The van der Waals surface area contributed by atoms with Crippen LogP contribution in [0.1, 0.15) is 16.1 Å². The van der Waals surface area contributed by atoms with Gasteiger partial charge in [0.1, 0.15) is 23.2 Å². The zero-order valence-corrected chi connectivity index (χ0v) is 15.1. The third-order valence-corrected chi connectivity index (χ3v) is 4.01. The van der Waals surface area contributed by atoms with Crippen LogP contribution in [0.5, 0.6) is 0 Å². The Balaban J connectivity index is 1.86. The highest BCUT2D eigenvalue weighted by molar-refractivity contribution is 6.31. The highest BCUT2D eigenvalue weighted by atomic mass is 35.5. The molecule has 0 aliphatic carbocycles. The molecule has 1 amide bonds.